The third kappa shape index (κ3) is 8.94. The molecule has 2 N–H and O–H groups in total. The van der Waals surface area contributed by atoms with Crippen LogP contribution in [-0.4, -0.2) is 43.9 Å². The van der Waals surface area contributed by atoms with Crippen LogP contribution in [0.3, 0.4) is 0 Å². The lowest BCUT2D eigenvalue weighted by Crippen LogP contribution is -2.37. The number of nitrogens with one attached hydrogen (secondary N) is 2. The first-order valence-electron chi connectivity index (χ1n) is 10.5. The molecule has 158 valence electrons. The number of aliphatic imine (C=N–C) groups is 1. The summed E-state index contributed by atoms with van der Waals surface area (Å²) in [5, 5.41) is 6.65. The van der Waals surface area contributed by atoms with Gasteiger partial charge in [-0.1, -0.05) is 12.5 Å². The van der Waals surface area contributed by atoms with Crippen LogP contribution in [0.1, 0.15) is 56.9 Å². The predicted octanol–water partition coefficient (Wildman–Crippen LogP) is 3.89. The first kappa shape index (κ1) is 23.2. The van der Waals surface area contributed by atoms with Gasteiger partial charge in [-0.3, -0.25) is 4.99 Å². The highest BCUT2D eigenvalue weighted by Crippen LogP contribution is 2.28. The highest BCUT2D eigenvalue weighted by Gasteiger charge is 2.20. The Bertz CT molecular complexity index is 572. The Morgan fingerprint density at radius 2 is 1.96 bits per heavy atom. The van der Waals surface area contributed by atoms with E-state index >= 15 is 0 Å². The molecule has 0 amide bonds. The molecule has 2 saturated carbocycles. The van der Waals surface area contributed by atoms with Crippen molar-refractivity contribution < 1.29 is 9.47 Å². The van der Waals surface area contributed by atoms with E-state index in [4.69, 9.17) is 9.47 Å². The molecule has 0 aromatic carbocycles. The number of hydrogen-bond acceptors (Lipinski definition) is 4. The van der Waals surface area contributed by atoms with E-state index in [1.165, 1.54) is 32.1 Å². The summed E-state index contributed by atoms with van der Waals surface area (Å²) in [5.41, 5.74) is 1.11. The van der Waals surface area contributed by atoms with Gasteiger partial charge < -0.3 is 20.1 Å². The largest absolute Gasteiger partial charge is 0.474 e. The Balaban J connectivity index is 0.00000280. The quantitative estimate of drug-likeness (QED) is 0.220. The van der Waals surface area contributed by atoms with Crippen LogP contribution in [0.15, 0.2) is 23.3 Å². The van der Waals surface area contributed by atoms with E-state index in [1.54, 1.807) is 7.05 Å². The molecule has 0 radical (unpaired) electrons. The maximum atomic E-state index is 5.98. The van der Waals surface area contributed by atoms with Crippen molar-refractivity contribution in [2.24, 2.45) is 10.9 Å². The van der Waals surface area contributed by atoms with Gasteiger partial charge in [0, 0.05) is 45.6 Å². The smallest absolute Gasteiger partial charge is 0.213 e. The second-order valence-corrected chi connectivity index (χ2v) is 7.61. The highest BCUT2D eigenvalue weighted by atomic mass is 127. The molecule has 0 atom stereocenters. The summed E-state index contributed by atoms with van der Waals surface area (Å²) in [5.74, 6) is 2.37. The average Bonchev–Trinajstić information content (AvgIpc) is 3.53. The number of guanidine groups is 1. The molecule has 1 heterocycles. The van der Waals surface area contributed by atoms with Gasteiger partial charge in [-0.05, 0) is 56.4 Å². The lowest BCUT2D eigenvalue weighted by Gasteiger charge is -2.22. The molecule has 7 heteroatoms. The monoisotopic (exact) mass is 502 g/mol. The van der Waals surface area contributed by atoms with Crippen molar-refractivity contribution >= 4 is 29.9 Å². The van der Waals surface area contributed by atoms with E-state index in [1.807, 2.05) is 12.3 Å². The van der Waals surface area contributed by atoms with E-state index in [-0.39, 0.29) is 24.0 Å². The summed E-state index contributed by atoms with van der Waals surface area (Å²) in [6.07, 6.45) is 12.1. The standard InChI is InChI=1S/C21H34N4O2.HI/c1-22-21(23-12-5-13-26-16-17-8-9-17)25-15-18-10-11-20(24-14-18)27-19-6-3-2-4-7-19;/h10-11,14,17,19H,2-9,12-13,15-16H2,1H3,(H2,22,23,25);1H. The van der Waals surface area contributed by atoms with E-state index in [9.17, 15) is 0 Å². The van der Waals surface area contributed by atoms with Gasteiger partial charge in [0.15, 0.2) is 5.96 Å². The van der Waals surface area contributed by atoms with Crippen LogP contribution in [0.2, 0.25) is 0 Å². The molecular formula is C21H35IN4O2. The Morgan fingerprint density at radius 1 is 1.14 bits per heavy atom. The summed E-state index contributed by atoms with van der Waals surface area (Å²) < 4.78 is 11.6. The second kappa shape index (κ2) is 13.2. The minimum Gasteiger partial charge on any atom is -0.474 e. The average molecular weight is 502 g/mol. The number of aromatic nitrogens is 1. The number of hydrogen-bond donors (Lipinski definition) is 2. The lowest BCUT2D eigenvalue weighted by molar-refractivity contribution is 0.123. The molecular weight excluding hydrogens is 467 g/mol. The summed E-state index contributed by atoms with van der Waals surface area (Å²) in [4.78, 5) is 8.72. The topological polar surface area (TPSA) is 67.8 Å². The van der Waals surface area contributed by atoms with E-state index in [0.29, 0.717) is 12.6 Å². The molecule has 2 fully saturated rings. The normalized spacial score (nSPS) is 17.7. The molecule has 0 bridgehead atoms. The fourth-order valence-electron chi connectivity index (χ4n) is 3.26. The minimum absolute atomic E-state index is 0. The van der Waals surface area contributed by atoms with Crippen molar-refractivity contribution in [2.45, 2.75) is 64.0 Å². The molecule has 2 aliphatic rings. The Kier molecular flexibility index (Phi) is 10.9. The maximum Gasteiger partial charge on any atom is 0.213 e. The van der Waals surface area contributed by atoms with Gasteiger partial charge in [0.2, 0.25) is 5.88 Å². The number of halogens is 1. The second-order valence-electron chi connectivity index (χ2n) is 7.61. The molecule has 0 unspecified atom stereocenters. The van der Waals surface area contributed by atoms with Gasteiger partial charge in [-0.15, -0.1) is 24.0 Å². The molecule has 28 heavy (non-hydrogen) atoms. The molecule has 6 nitrogen and oxygen atoms in total. The van der Waals surface area contributed by atoms with Crippen LogP contribution < -0.4 is 15.4 Å². The third-order valence-corrected chi connectivity index (χ3v) is 5.13. The Hall–Kier alpha value is -1.09. The number of pyridine rings is 1. The highest BCUT2D eigenvalue weighted by molar-refractivity contribution is 14.0. The number of nitrogens with zero attached hydrogens (tertiary/aromatic N) is 2. The van der Waals surface area contributed by atoms with Crippen molar-refractivity contribution in [2.75, 3.05) is 26.8 Å². The number of ether oxygens (including phenoxy) is 2. The van der Waals surface area contributed by atoms with E-state index < -0.39 is 0 Å². The molecule has 0 saturated heterocycles. The van der Waals surface area contributed by atoms with E-state index in [0.717, 1.165) is 62.3 Å². The molecule has 1 aromatic heterocycles. The molecule has 0 aliphatic heterocycles. The van der Waals surface area contributed by atoms with Gasteiger partial charge in [0.25, 0.3) is 0 Å². The zero-order valence-electron chi connectivity index (χ0n) is 17.0. The maximum absolute atomic E-state index is 5.98. The van der Waals surface area contributed by atoms with Crippen LogP contribution in [0.4, 0.5) is 0 Å². The summed E-state index contributed by atoms with van der Waals surface area (Å²) in [6, 6.07) is 4.04. The SMILES string of the molecule is CN=C(NCCCOCC1CC1)NCc1ccc(OC2CCCCC2)nc1.I. The summed E-state index contributed by atoms with van der Waals surface area (Å²) in [6.45, 7) is 3.29. The van der Waals surface area contributed by atoms with Gasteiger partial charge in [-0.25, -0.2) is 4.98 Å². The summed E-state index contributed by atoms with van der Waals surface area (Å²) in [7, 11) is 1.79. The van der Waals surface area contributed by atoms with Gasteiger partial charge in [0.05, 0.1) is 0 Å². The van der Waals surface area contributed by atoms with Crippen LogP contribution in [-0.2, 0) is 11.3 Å². The molecule has 2 aliphatic carbocycles. The Morgan fingerprint density at radius 3 is 2.64 bits per heavy atom. The number of rotatable bonds is 10. The predicted molar refractivity (Wildman–Crippen MR) is 124 cm³/mol. The van der Waals surface area contributed by atoms with Crippen molar-refractivity contribution in [3.8, 4) is 5.88 Å². The fourth-order valence-corrected chi connectivity index (χ4v) is 3.26. The van der Waals surface area contributed by atoms with Crippen molar-refractivity contribution in [3.63, 3.8) is 0 Å². The first-order valence-corrected chi connectivity index (χ1v) is 10.5. The first-order chi connectivity index (χ1) is 13.3. The van der Waals surface area contributed by atoms with Crippen molar-refractivity contribution in [1.82, 2.24) is 15.6 Å². The zero-order chi connectivity index (χ0) is 18.7. The van der Waals surface area contributed by atoms with Crippen molar-refractivity contribution in [3.05, 3.63) is 23.9 Å². The summed E-state index contributed by atoms with van der Waals surface area (Å²) >= 11 is 0. The Labute approximate surface area is 186 Å². The van der Waals surface area contributed by atoms with Crippen LogP contribution in [0.25, 0.3) is 0 Å². The molecule has 0 spiro atoms. The van der Waals surface area contributed by atoms with Gasteiger partial charge in [-0.2, -0.15) is 0 Å². The lowest BCUT2D eigenvalue weighted by atomic mass is 9.98. The van der Waals surface area contributed by atoms with Gasteiger partial charge in [0.1, 0.15) is 6.10 Å². The minimum atomic E-state index is 0. The van der Waals surface area contributed by atoms with Gasteiger partial charge >= 0.3 is 0 Å². The molecule has 1 aromatic rings. The third-order valence-electron chi connectivity index (χ3n) is 5.13. The molecule has 3 rings (SSSR count). The fraction of sp³-hybridized carbons (Fsp3) is 0.714. The van der Waals surface area contributed by atoms with E-state index in [2.05, 4.69) is 26.7 Å². The van der Waals surface area contributed by atoms with Crippen molar-refractivity contribution in [1.29, 1.82) is 0 Å². The van der Waals surface area contributed by atoms with Crippen LogP contribution >= 0.6 is 24.0 Å². The van der Waals surface area contributed by atoms with Crippen LogP contribution in [0.5, 0.6) is 5.88 Å². The van der Waals surface area contributed by atoms with Crippen LogP contribution in [0, 0.1) is 5.92 Å². The zero-order valence-corrected chi connectivity index (χ0v) is 19.3.